The molecule has 0 bridgehead atoms. The molecular formula is C19H19NO4. The van der Waals surface area contributed by atoms with Crippen LogP contribution in [-0.4, -0.2) is 41.6 Å². The standard InChI is InChI=1S/C19H19NO4/c1-13-4-2-3-5-16(13)17-12-20(10-11-24-17)18(21)14-6-8-15(9-7-14)19(22)23/h2-9,17H,10-12H2,1H3,(H,22,23). The highest BCUT2D eigenvalue weighted by atomic mass is 16.5. The lowest BCUT2D eigenvalue weighted by atomic mass is 10.0. The third-order valence-corrected chi connectivity index (χ3v) is 4.27. The first kappa shape index (κ1) is 16.2. The summed E-state index contributed by atoms with van der Waals surface area (Å²) in [5, 5.41) is 8.94. The van der Waals surface area contributed by atoms with Crippen LogP contribution in [0, 0.1) is 6.92 Å². The molecule has 24 heavy (non-hydrogen) atoms. The Balaban J connectivity index is 1.75. The minimum Gasteiger partial charge on any atom is -0.478 e. The number of carbonyl (C=O) groups is 2. The van der Waals surface area contributed by atoms with Crippen molar-refractivity contribution in [1.82, 2.24) is 4.90 Å². The first-order chi connectivity index (χ1) is 11.6. The molecule has 124 valence electrons. The molecule has 5 heteroatoms. The van der Waals surface area contributed by atoms with E-state index in [1.807, 2.05) is 31.2 Å². The Kier molecular flexibility index (Phi) is 4.62. The van der Waals surface area contributed by atoms with E-state index >= 15 is 0 Å². The van der Waals surface area contributed by atoms with E-state index in [1.54, 1.807) is 17.0 Å². The first-order valence-electron chi connectivity index (χ1n) is 7.86. The highest BCUT2D eigenvalue weighted by Crippen LogP contribution is 2.25. The zero-order valence-electron chi connectivity index (χ0n) is 13.4. The quantitative estimate of drug-likeness (QED) is 0.942. The summed E-state index contributed by atoms with van der Waals surface area (Å²) in [4.78, 5) is 25.3. The second-order valence-electron chi connectivity index (χ2n) is 5.85. The summed E-state index contributed by atoms with van der Waals surface area (Å²) >= 11 is 0. The molecule has 3 rings (SSSR count). The average molecular weight is 325 g/mol. The Morgan fingerprint density at radius 2 is 1.75 bits per heavy atom. The highest BCUT2D eigenvalue weighted by Gasteiger charge is 2.26. The van der Waals surface area contributed by atoms with Gasteiger partial charge in [-0.1, -0.05) is 24.3 Å². The molecule has 0 saturated carbocycles. The van der Waals surface area contributed by atoms with Gasteiger partial charge in [0.2, 0.25) is 0 Å². The normalized spacial score (nSPS) is 17.5. The van der Waals surface area contributed by atoms with Crippen molar-refractivity contribution in [2.45, 2.75) is 13.0 Å². The average Bonchev–Trinajstić information content (AvgIpc) is 2.61. The number of ether oxygens (including phenoxy) is 1. The molecule has 1 amide bonds. The number of rotatable bonds is 3. The van der Waals surface area contributed by atoms with Crippen LogP contribution in [0.4, 0.5) is 0 Å². The van der Waals surface area contributed by atoms with Crippen LogP contribution in [0.5, 0.6) is 0 Å². The Hall–Kier alpha value is -2.66. The molecule has 2 aromatic carbocycles. The maximum absolute atomic E-state index is 12.7. The van der Waals surface area contributed by atoms with Crippen LogP contribution in [0.1, 0.15) is 37.9 Å². The maximum atomic E-state index is 12.7. The number of aryl methyl sites for hydroxylation is 1. The van der Waals surface area contributed by atoms with Crippen molar-refractivity contribution < 1.29 is 19.4 Å². The van der Waals surface area contributed by atoms with E-state index in [0.717, 1.165) is 11.1 Å². The predicted octanol–water partition coefficient (Wildman–Crippen LogP) is 2.91. The minimum atomic E-state index is -1.00. The van der Waals surface area contributed by atoms with Gasteiger partial charge >= 0.3 is 5.97 Å². The topological polar surface area (TPSA) is 66.8 Å². The summed E-state index contributed by atoms with van der Waals surface area (Å²) in [5.74, 6) is -1.10. The molecule has 0 spiro atoms. The van der Waals surface area contributed by atoms with Crippen molar-refractivity contribution in [1.29, 1.82) is 0 Å². The van der Waals surface area contributed by atoms with Gasteiger partial charge < -0.3 is 14.7 Å². The fraction of sp³-hybridized carbons (Fsp3) is 0.263. The number of benzene rings is 2. The van der Waals surface area contributed by atoms with Crippen LogP contribution in [0.3, 0.4) is 0 Å². The van der Waals surface area contributed by atoms with Gasteiger partial charge in [-0.05, 0) is 42.3 Å². The summed E-state index contributed by atoms with van der Waals surface area (Å²) < 4.78 is 5.84. The van der Waals surface area contributed by atoms with Crippen molar-refractivity contribution in [3.8, 4) is 0 Å². The number of hydrogen-bond donors (Lipinski definition) is 1. The molecule has 0 radical (unpaired) electrons. The molecule has 1 saturated heterocycles. The fourth-order valence-corrected chi connectivity index (χ4v) is 2.91. The van der Waals surface area contributed by atoms with Crippen molar-refractivity contribution in [2.24, 2.45) is 0 Å². The van der Waals surface area contributed by atoms with E-state index in [9.17, 15) is 9.59 Å². The number of carboxylic acids is 1. The molecule has 0 aliphatic carbocycles. The molecule has 1 aliphatic rings. The lowest BCUT2D eigenvalue weighted by Gasteiger charge is -2.34. The molecular weight excluding hydrogens is 306 g/mol. The Morgan fingerprint density at radius 3 is 2.42 bits per heavy atom. The molecule has 1 aliphatic heterocycles. The van der Waals surface area contributed by atoms with Crippen molar-refractivity contribution >= 4 is 11.9 Å². The van der Waals surface area contributed by atoms with Gasteiger partial charge in [-0.3, -0.25) is 4.79 Å². The SMILES string of the molecule is Cc1ccccc1C1CN(C(=O)c2ccc(C(=O)O)cc2)CCO1. The lowest BCUT2D eigenvalue weighted by molar-refractivity contribution is -0.0230. The van der Waals surface area contributed by atoms with Crippen molar-refractivity contribution in [3.05, 3.63) is 70.8 Å². The summed E-state index contributed by atoms with van der Waals surface area (Å²) in [6, 6.07) is 14.0. The van der Waals surface area contributed by atoms with Gasteiger partial charge in [-0.25, -0.2) is 4.79 Å². The predicted molar refractivity (Wildman–Crippen MR) is 89.2 cm³/mol. The third kappa shape index (κ3) is 3.31. The number of hydrogen-bond acceptors (Lipinski definition) is 3. The molecule has 1 unspecified atom stereocenters. The number of nitrogens with zero attached hydrogens (tertiary/aromatic N) is 1. The van der Waals surface area contributed by atoms with Crippen molar-refractivity contribution in [2.75, 3.05) is 19.7 Å². The minimum absolute atomic E-state index is 0.103. The molecule has 2 aromatic rings. The Morgan fingerprint density at radius 1 is 1.08 bits per heavy atom. The van der Waals surface area contributed by atoms with E-state index in [-0.39, 0.29) is 17.6 Å². The van der Waals surface area contributed by atoms with E-state index < -0.39 is 5.97 Å². The number of amides is 1. The van der Waals surface area contributed by atoms with E-state index in [2.05, 4.69) is 0 Å². The summed E-state index contributed by atoms with van der Waals surface area (Å²) in [6.45, 7) is 3.54. The van der Waals surface area contributed by atoms with Crippen LogP contribution >= 0.6 is 0 Å². The lowest BCUT2D eigenvalue weighted by Crippen LogP contribution is -2.42. The zero-order valence-corrected chi connectivity index (χ0v) is 13.4. The smallest absolute Gasteiger partial charge is 0.335 e. The highest BCUT2D eigenvalue weighted by molar-refractivity contribution is 5.96. The maximum Gasteiger partial charge on any atom is 0.335 e. The van der Waals surface area contributed by atoms with Gasteiger partial charge in [0.25, 0.3) is 5.91 Å². The van der Waals surface area contributed by atoms with Crippen molar-refractivity contribution in [3.63, 3.8) is 0 Å². The molecule has 1 heterocycles. The van der Waals surface area contributed by atoms with Gasteiger partial charge in [0.1, 0.15) is 6.10 Å². The molecule has 5 nitrogen and oxygen atoms in total. The number of carbonyl (C=O) groups excluding carboxylic acids is 1. The third-order valence-electron chi connectivity index (χ3n) is 4.27. The Bertz CT molecular complexity index is 754. The summed E-state index contributed by atoms with van der Waals surface area (Å²) in [5.41, 5.74) is 2.90. The first-order valence-corrected chi connectivity index (χ1v) is 7.86. The van der Waals surface area contributed by atoms with Crippen LogP contribution < -0.4 is 0 Å². The van der Waals surface area contributed by atoms with Gasteiger partial charge in [-0.2, -0.15) is 0 Å². The Labute approximate surface area is 140 Å². The monoisotopic (exact) mass is 325 g/mol. The second kappa shape index (κ2) is 6.84. The van der Waals surface area contributed by atoms with Crippen LogP contribution in [0.2, 0.25) is 0 Å². The fourth-order valence-electron chi connectivity index (χ4n) is 2.91. The molecule has 1 atom stereocenters. The molecule has 1 N–H and O–H groups in total. The number of morpholine rings is 1. The molecule has 0 aromatic heterocycles. The number of aromatic carboxylic acids is 1. The number of carboxylic acid groups (broad SMARTS) is 1. The van der Waals surface area contributed by atoms with Crippen LogP contribution in [-0.2, 0) is 4.74 Å². The van der Waals surface area contributed by atoms with E-state index in [1.165, 1.54) is 12.1 Å². The van der Waals surface area contributed by atoms with Gasteiger partial charge in [0.15, 0.2) is 0 Å². The van der Waals surface area contributed by atoms with Gasteiger partial charge in [0, 0.05) is 12.1 Å². The van der Waals surface area contributed by atoms with Crippen LogP contribution in [0.15, 0.2) is 48.5 Å². The zero-order chi connectivity index (χ0) is 17.1. The summed E-state index contributed by atoms with van der Waals surface area (Å²) in [6.07, 6.45) is -0.137. The second-order valence-corrected chi connectivity index (χ2v) is 5.85. The van der Waals surface area contributed by atoms with E-state index in [4.69, 9.17) is 9.84 Å². The van der Waals surface area contributed by atoms with Gasteiger partial charge in [-0.15, -0.1) is 0 Å². The largest absolute Gasteiger partial charge is 0.478 e. The molecule has 1 fully saturated rings. The summed E-state index contributed by atoms with van der Waals surface area (Å²) in [7, 11) is 0. The van der Waals surface area contributed by atoms with Crippen LogP contribution in [0.25, 0.3) is 0 Å². The van der Waals surface area contributed by atoms with E-state index in [0.29, 0.717) is 25.3 Å². The van der Waals surface area contributed by atoms with Gasteiger partial charge in [0.05, 0.1) is 18.7 Å².